The summed E-state index contributed by atoms with van der Waals surface area (Å²) in [5.74, 6) is 1.12. The first kappa shape index (κ1) is 15.6. The fraction of sp³-hybridized carbons (Fsp3) is 0.538. The van der Waals surface area contributed by atoms with E-state index >= 15 is 0 Å². The van der Waals surface area contributed by atoms with Crippen LogP contribution in [0.3, 0.4) is 0 Å². The van der Waals surface area contributed by atoms with Gasteiger partial charge in [0.1, 0.15) is 11.5 Å². The molecule has 19 heavy (non-hydrogen) atoms. The molecule has 1 unspecified atom stereocenters. The molecule has 0 radical (unpaired) electrons. The van der Waals surface area contributed by atoms with Crippen molar-refractivity contribution in [3.63, 3.8) is 0 Å². The Morgan fingerprint density at radius 1 is 1.37 bits per heavy atom. The number of nitrogens with one attached hydrogen (secondary N) is 2. The number of carbonyl (C=O) groups is 1. The number of aromatic nitrogens is 1. The van der Waals surface area contributed by atoms with Crippen molar-refractivity contribution < 1.29 is 9.00 Å². The minimum absolute atomic E-state index is 0.193. The Morgan fingerprint density at radius 3 is 2.84 bits per heavy atom. The molecule has 1 amide bonds. The van der Waals surface area contributed by atoms with E-state index in [4.69, 9.17) is 0 Å². The van der Waals surface area contributed by atoms with Crippen molar-refractivity contribution in [2.75, 3.05) is 30.4 Å². The quantitative estimate of drug-likeness (QED) is 0.708. The van der Waals surface area contributed by atoms with Crippen LogP contribution in [0.2, 0.25) is 0 Å². The van der Waals surface area contributed by atoms with Crippen molar-refractivity contribution in [2.45, 2.75) is 19.8 Å². The fourth-order valence-electron chi connectivity index (χ4n) is 1.48. The van der Waals surface area contributed by atoms with Crippen molar-refractivity contribution >= 4 is 22.5 Å². The summed E-state index contributed by atoms with van der Waals surface area (Å²) < 4.78 is 10.9. The van der Waals surface area contributed by atoms with Crippen LogP contribution in [0.25, 0.3) is 0 Å². The third-order valence-electron chi connectivity index (χ3n) is 2.43. The lowest BCUT2D eigenvalue weighted by Crippen LogP contribution is -2.26. The van der Waals surface area contributed by atoms with E-state index < -0.39 is 10.8 Å². The zero-order valence-corrected chi connectivity index (χ0v) is 12.3. The van der Waals surface area contributed by atoms with Crippen LogP contribution in [0, 0.1) is 0 Å². The van der Waals surface area contributed by atoms with E-state index in [2.05, 4.69) is 22.5 Å². The molecule has 0 bridgehead atoms. The monoisotopic (exact) mass is 283 g/mol. The Labute approximate surface area is 116 Å². The van der Waals surface area contributed by atoms with E-state index in [1.54, 1.807) is 18.4 Å². The van der Waals surface area contributed by atoms with Gasteiger partial charge in [0.15, 0.2) is 0 Å². The first-order valence-corrected chi connectivity index (χ1v) is 8.15. The Morgan fingerprint density at radius 2 is 2.16 bits per heavy atom. The molecule has 6 heteroatoms. The molecule has 1 aromatic rings. The molecule has 0 aliphatic heterocycles. The van der Waals surface area contributed by atoms with Crippen LogP contribution in [-0.4, -0.2) is 40.2 Å². The largest absolute Gasteiger partial charge is 0.370 e. The van der Waals surface area contributed by atoms with Gasteiger partial charge in [0.05, 0.1) is 0 Å². The summed E-state index contributed by atoms with van der Waals surface area (Å²) >= 11 is 0. The van der Waals surface area contributed by atoms with Gasteiger partial charge in [0, 0.05) is 35.9 Å². The van der Waals surface area contributed by atoms with E-state index in [0.29, 0.717) is 30.2 Å². The first-order valence-electron chi connectivity index (χ1n) is 6.42. The second kappa shape index (κ2) is 8.63. The third-order valence-corrected chi connectivity index (χ3v) is 3.30. The zero-order valence-electron chi connectivity index (χ0n) is 11.4. The fourth-order valence-corrected chi connectivity index (χ4v) is 2.03. The first-order chi connectivity index (χ1) is 9.13. The van der Waals surface area contributed by atoms with Gasteiger partial charge in [-0.15, -0.1) is 0 Å². The molecule has 0 aliphatic carbocycles. The summed E-state index contributed by atoms with van der Waals surface area (Å²) in [6.45, 7) is 3.42. The molecule has 0 fully saturated rings. The van der Waals surface area contributed by atoms with Gasteiger partial charge >= 0.3 is 0 Å². The minimum atomic E-state index is -0.809. The van der Waals surface area contributed by atoms with Crippen LogP contribution in [0.1, 0.15) is 30.3 Å². The second-order valence-electron chi connectivity index (χ2n) is 4.22. The Kier molecular flexibility index (Phi) is 7.10. The van der Waals surface area contributed by atoms with E-state index in [0.717, 1.165) is 13.0 Å². The van der Waals surface area contributed by atoms with Gasteiger partial charge in [-0.2, -0.15) is 0 Å². The predicted octanol–water partition coefficient (Wildman–Crippen LogP) is 1.40. The SMILES string of the molecule is CCCNc1cccc(C(=O)NCCCS(C)=O)n1. The highest BCUT2D eigenvalue weighted by Gasteiger charge is 2.07. The molecule has 0 saturated carbocycles. The maximum atomic E-state index is 11.8. The van der Waals surface area contributed by atoms with Crippen LogP contribution in [0.15, 0.2) is 18.2 Å². The van der Waals surface area contributed by atoms with Crippen molar-refractivity contribution in [2.24, 2.45) is 0 Å². The number of hydrogen-bond donors (Lipinski definition) is 2. The van der Waals surface area contributed by atoms with Gasteiger partial charge in [0.2, 0.25) is 0 Å². The van der Waals surface area contributed by atoms with Crippen molar-refractivity contribution in [3.05, 3.63) is 23.9 Å². The van der Waals surface area contributed by atoms with Crippen LogP contribution >= 0.6 is 0 Å². The average molecular weight is 283 g/mol. The zero-order chi connectivity index (χ0) is 14.1. The molecule has 1 heterocycles. The molecule has 0 spiro atoms. The number of amides is 1. The molecule has 2 N–H and O–H groups in total. The summed E-state index contributed by atoms with van der Waals surface area (Å²) in [4.78, 5) is 16.1. The van der Waals surface area contributed by atoms with Crippen molar-refractivity contribution in [1.29, 1.82) is 0 Å². The van der Waals surface area contributed by atoms with E-state index in [-0.39, 0.29) is 5.91 Å². The van der Waals surface area contributed by atoms with Crippen LogP contribution in [-0.2, 0) is 10.8 Å². The van der Waals surface area contributed by atoms with Gasteiger partial charge < -0.3 is 10.6 Å². The third kappa shape index (κ3) is 6.33. The number of carbonyl (C=O) groups excluding carboxylic acids is 1. The molecule has 5 nitrogen and oxygen atoms in total. The summed E-state index contributed by atoms with van der Waals surface area (Å²) in [6.07, 6.45) is 3.38. The lowest BCUT2D eigenvalue weighted by Gasteiger charge is -2.07. The Balaban J connectivity index is 2.45. The Bertz CT molecular complexity index is 438. The predicted molar refractivity (Wildman–Crippen MR) is 78.9 cm³/mol. The summed E-state index contributed by atoms with van der Waals surface area (Å²) in [7, 11) is -0.809. The number of nitrogens with zero attached hydrogens (tertiary/aromatic N) is 1. The van der Waals surface area contributed by atoms with Gasteiger partial charge in [-0.3, -0.25) is 9.00 Å². The summed E-state index contributed by atoms with van der Waals surface area (Å²) in [5.41, 5.74) is 0.402. The molecular weight excluding hydrogens is 262 g/mol. The molecule has 1 atom stereocenters. The molecule has 0 aliphatic rings. The molecule has 0 saturated heterocycles. The molecule has 1 rings (SSSR count). The molecule has 106 valence electrons. The number of hydrogen-bond acceptors (Lipinski definition) is 4. The van der Waals surface area contributed by atoms with E-state index in [1.807, 2.05) is 6.07 Å². The van der Waals surface area contributed by atoms with Gasteiger partial charge in [-0.25, -0.2) is 4.98 Å². The van der Waals surface area contributed by atoms with Crippen LogP contribution < -0.4 is 10.6 Å². The molecule has 1 aromatic heterocycles. The minimum Gasteiger partial charge on any atom is -0.370 e. The maximum absolute atomic E-state index is 11.8. The number of pyridine rings is 1. The summed E-state index contributed by atoms with van der Waals surface area (Å²) in [5, 5.41) is 5.91. The number of anilines is 1. The van der Waals surface area contributed by atoms with Crippen LogP contribution in [0.4, 0.5) is 5.82 Å². The van der Waals surface area contributed by atoms with E-state index in [1.165, 1.54) is 0 Å². The second-order valence-corrected chi connectivity index (χ2v) is 5.78. The topological polar surface area (TPSA) is 71.1 Å². The molecular formula is C13H21N3O2S. The highest BCUT2D eigenvalue weighted by Crippen LogP contribution is 2.04. The maximum Gasteiger partial charge on any atom is 0.269 e. The van der Waals surface area contributed by atoms with Crippen LogP contribution in [0.5, 0.6) is 0 Å². The van der Waals surface area contributed by atoms with Gasteiger partial charge in [-0.05, 0) is 25.0 Å². The summed E-state index contributed by atoms with van der Waals surface area (Å²) in [6, 6.07) is 5.33. The standard InChI is InChI=1S/C13H21N3O2S/c1-3-8-14-12-7-4-6-11(16-12)13(17)15-9-5-10-19(2)18/h4,6-7H,3,5,8-10H2,1-2H3,(H,14,16)(H,15,17). The van der Waals surface area contributed by atoms with Gasteiger partial charge in [0.25, 0.3) is 5.91 Å². The van der Waals surface area contributed by atoms with E-state index in [9.17, 15) is 9.00 Å². The van der Waals surface area contributed by atoms with Crippen molar-refractivity contribution in [1.82, 2.24) is 10.3 Å². The normalized spacial score (nSPS) is 11.9. The lowest BCUT2D eigenvalue weighted by atomic mass is 10.3. The smallest absolute Gasteiger partial charge is 0.269 e. The average Bonchev–Trinajstić information content (AvgIpc) is 2.41. The lowest BCUT2D eigenvalue weighted by molar-refractivity contribution is 0.0949. The number of rotatable bonds is 8. The van der Waals surface area contributed by atoms with Crippen molar-refractivity contribution in [3.8, 4) is 0 Å². The highest BCUT2D eigenvalue weighted by atomic mass is 32.2. The Hall–Kier alpha value is -1.43. The van der Waals surface area contributed by atoms with Gasteiger partial charge in [-0.1, -0.05) is 13.0 Å². The molecule has 0 aromatic carbocycles. The highest BCUT2D eigenvalue weighted by molar-refractivity contribution is 7.84.